The van der Waals surface area contributed by atoms with E-state index in [-0.39, 0.29) is 6.10 Å². The molecule has 134 valence electrons. The van der Waals surface area contributed by atoms with Crippen LogP contribution in [0.1, 0.15) is 24.0 Å². The van der Waals surface area contributed by atoms with Gasteiger partial charge >= 0.3 is 0 Å². The minimum Gasteiger partial charge on any atom is -0.377 e. The Balaban J connectivity index is 1.42. The van der Waals surface area contributed by atoms with Crippen molar-refractivity contribution in [3.05, 3.63) is 71.8 Å². The van der Waals surface area contributed by atoms with Crippen molar-refractivity contribution >= 4 is 22.6 Å². The van der Waals surface area contributed by atoms with Gasteiger partial charge in [-0.15, -0.1) is 0 Å². The van der Waals surface area contributed by atoms with Crippen LogP contribution in [0.4, 0.5) is 0 Å². The maximum absolute atomic E-state index is 6.16. The van der Waals surface area contributed by atoms with Gasteiger partial charge in [-0.3, -0.25) is 0 Å². The van der Waals surface area contributed by atoms with Crippen molar-refractivity contribution in [2.45, 2.75) is 44.4 Å². The van der Waals surface area contributed by atoms with Crippen LogP contribution >= 0.6 is 22.6 Å². The Labute approximate surface area is 163 Å². The van der Waals surface area contributed by atoms with Gasteiger partial charge in [0.25, 0.3) is 0 Å². The minimum atomic E-state index is 0.175. The molecule has 0 saturated carbocycles. The fourth-order valence-electron chi connectivity index (χ4n) is 2.82. The van der Waals surface area contributed by atoms with Crippen LogP contribution in [0.25, 0.3) is 0 Å². The maximum atomic E-state index is 6.16. The topological polar surface area (TPSA) is 31.0 Å². The monoisotopic (exact) mass is 452 g/mol. The van der Waals surface area contributed by atoms with Gasteiger partial charge in [0.15, 0.2) is 0 Å². The number of ether oxygens (including phenoxy) is 3. The van der Waals surface area contributed by atoms with Crippen molar-refractivity contribution in [2.75, 3.05) is 11.0 Å². The number of hydrogen-bond donors (Lipinski definition) is 0. The lowest BCUT2D eigenvalue weighted by Crippen LogP contribution is -2.19. The van der Waals surface area contributed by atoms with Gasteiger partial charge in [-0.05, 0) is 17.5 Å². The third kappa shape index (κ3) is 6.70. The molecule has 3 atom stereocenters. The van der Waals surface area contributed by atoms with Gasteiger partial charge in [0.1, 0.15) is 0 Å². The van der Waals surface area contributed by atoms with Crippen LogP contribution in [0.5, 0.6) is 0 Å². The lowest BCUT2D eigenvalue weighted by atomic mass is 10.1. The number of halogens is 1. The number of benzene rings is 2. The molecule has 3 rings (SSSR count). The summed E-state index contributed by atoms with van der Waals surface area (Å²) < 4.78 is 18.7. The van der Waals surface area contributed by atoms with Crippen molar-refractivity contribution < 1.29 is 14.2 Å². The zero-order valence-electron chi connectivity index (χ0n) is 14.4. The predicted molar refractivity (Wildman–Crippen MR) is 108 cm³/mol. The molecule has 25 heavy (non-hydrogen) atoms. The highest BCUT2D eigenvalue weighted by Crippen LogP contribution is 2.30. The van der Waals surface area contributed by atoms with Crippen LogP contribution < -0.4 is 0 Å². The van der Waals surface area contributed by atoms with Crippen LogP contribution in [0, 0.1) is 0 Å². The summed E-state index contributed by atoms with van der Waals surface area (Å²) in [5.41, 5.74) is 2.42. The second-order valence-electron chi connectivity index (χ2n) is 6.35. The fraction of sp³-hybridized carbons (Fsp3) is 0.429. The summed E-state index contributed by atoms with van der Waals surface area (Å²) in [5, 5.41) is 0. The molecule has 0 radical (unpaired) electrons. The summed E-state index contributed by atoms with van der Waals surface area (Å²) in [4.78, 5) is 0. The van der Waals surface area contributed by atoms with E-state index < -0.39 is 0 Å². The molecule has 0 spiro atoms. The number of epoxide rings is 1. The van der Waals surface area contributed by atoms with Gasteiger partial charge in [0.05, 0.1) is 31.5 Å². The lowest BCUT2D eigenvalue weighted by Gasteiger charge is -2.17. The SMILES string of the molecule is IC[C@H]1O[C@@H]1C[C@H](CCOCc1ccccc1)OCc1ccccc1. The first-order chi connectivity index (χ1) is 12.3. The molecule has 4 heteroatoms. The molecular formula is C21H25IO3. The zero-order valence-corrected chi connectivity index (χ0v) is 16.5. The van der Waals surface area contributed by atoms with Crippen molar-refractivity contribution in [1.29, 1.82) is 0 Å². The van der Waals surface area contributed by atoms with Gasteiger partial charge in [-0.1, -0.05) is 83.3 Å². The van der Waals surface area contributed by atoms with E-state index in [0.717, 1.165) is 17.3 Å². The average molecular weight is 452 g/mol. The third-order valence-corrected chi connectivity index (χ3v) is 5.23. The highest BCUT2D eigenvalue weighted by Gasteiger charge is 2.39. The molecule has 0 aliphatic carbocycles. The molecule has 2 aromatic carbocycles. The first-order valence-corrected chi connectivity index (χ1v) is 10.4. The Bertz CT molecular complexity index is 605. The van der Waals surface area contributed by atoms with E-state index in [0.29, 0.717) is 32.0 Å². The second kappa shape index (κ2) is 10.3. The van der Waals surface area contributed by atoms with Gasteiger partial charge in [-0.2, -0.15) is 0 Å². The van der Waals surface area contributed by atoms with Gasteiger partial charge in [0.2, 0.25) is 0 Å². The molecule has 0 aromatic heterocycles. The molecule has 1 aliphatic rings. The van der Waals surface area contributed by atoms with E-state index in [1.807, 2.05) is 36.4 Å². The normalized spacial score (nSPS) is 20.4. The zero-order chi connectivity index (χ0) is 17.3. The summed E-state index contributed by atoms with van der Waals surface area (Å²) in [6.07, 6.45) is 2.79. The van der Waals surface area contributed by atoms with Crippen LogP contribution in [0.15, 0.2) is 60.7 Å². The van der Waals surface area contributed by atoms with E-state index in [1.165, 1.54) is 11.1 Å². The van der Waals surface area contributed by atoms with Gasteiger partial charge in [0, 0.05) is 17.5 Å². The molecule has 0 unspecified atom stereocenters. The molecule has 1 saturated heterocycles. The van der Waals surface area contributed by atoms with Crippen molar-refractivity contribution in [1.82, 2.24) is 0 Å². The van der Waals surface area contributed by atoms with E-state index in [1.54, 1.807) is 0 Å². The summed E-state index contributed by atoms with van der Waals surface area (Å²) in [7, 11) is 0. The van der Waals surface area contributed by atoms with E-state index in [4.69, 9.17) is 14.2 Å². The Hall–Kier alpha value is -0.950. The molecule has 0 amide bonds. The van der Waals surface area contributed by atoms with E-state index >= 15 is 0 Å². The first kappa shape index (κ1) is 18.8. The van der Waals surface area contributed by atoms with Crippen molar-refractivity contribution in [3.63, 3.8) is 0 Å². The molecule has 1 heterocycles. The van der Waals surface area contributed by atoms with Crippen LogP contribution in [0.3, 0.4) is 0 Å². The molecular weight excluding hydrogens is 427 g/mol. The summed E-state index contributed by atoms with van der Waals surface area (Å²) in [5.74, 6) is 0. The van der Waals surface area contributed by atoms with Crippen LogP contribution in [-0.4, -0.2) is 29.3 Å². The van der Waals surface area contributed by atoms with E-state index in [2.05, 4.69) is 46.9 Å². The minimum absolute atomic E-state index is 0.175. The standard InChI is InChI=1S/C21H25IO3/c22-14-21-20(25-21)13-19(24-16-18-9-5-2-6-10-18)11-12-23-15-17-7-3-1-4-8-17/h1-10,19-21H,11-16H2/t19-,20+,21+/m0/s1. The number of hydrogen-bond acceptors (Lipinski definition) is 3. The number of rotatable bonds is 11. The first-order valence-electron chi connectivity index (χ1n) is 8.84. The molecule has 0 N–H and O–H groups in total. The Morgan fingerprint density at radius 1 is 0.880 bits per heavy atom. The van der Waals surface area contributed by atoms with Gasteiger partial charge in [-0.25, -0.2) is 0 Å². The quantitative estimate of drug-likeness (QED) is 0.213. The summed E-state index contributed by atoms with van der Waals surface area (Å²) >= 11 is 2.38. The molecule has 2 aromatic rings. The second-order valence-corrected chi connectivity index (χ2v) is 7.23. The summed E-state index contributed by atoms with van der Waals surface area (Å²) in [6.45, 7) is 2.00. The molecule has 1 fully saturated rings. The number of alkyl halides is 1. The fourth-order valence-corrected chi connectivity index (χ4v) is 3.59. The van der Waals surface area contributed by atoms with Crippen molar-refractivity contribution in [3.8, 4) is 0 Å². The highest BCUT2D eigenvalue weighted by molar-refractivity contribution is 14.1. The van der Waals surface area contributed by atoms with Gasteiger partial charge < -0.3 is 14.2 Å². The lowest BCUT2D eigenvalue weighted by molar-refractivity contribution is 0.000878. The predicted octanol–water partition coefficient (Wildman–Crippen LogP) is 4.77. The molecule has 0 bridgehead atoms. The molecule has 1 aliphatic heterocycles. The van der Waals surface area contributed by atoms with Crippen molar-refractivity contribution in [2.24, 2.45) is 0 Å². The Kier molecular flexibility index (Phi) is 7.73. The smallest absolute Gasteiger partial charge is 0.0932 e. The van der Waals surface area contributed by atoms with E-state index in [9.17, 15) is 0 Å². The Morgan fingerprint density at radius 3 is 2.12 bits per heavy atom. The maximum Gasteiger partial charge on any atom is 0.0932 e. The highest BCUT2D eigenvalue weighted by atomic mass is 127. The molecule has 3 nitrogen and oxygen atoms in total. The third-order valence-electron chi connectivity index (χ3n) is 4.36. The van der Waals surface area contributed by atoms with Crippen LogP contribution in [0.2, 0.25) is 0 Å². The van der Waals surface area contributed by atoms with Crippen LogP contribution in [-0.2, 0) is 27.4 Å². The largest absolute Gasteiger partial charge is 0.377 e. The average Bonchev–Trinajstić information content (AvgIpc) is 3.43. The summed E-state index contributed by atoms with van der Waals surface area (Å²) in [6, 6.07) is 20.6. The Morgan fingerprint density at radius 2 is 1.52 bits per heavy atom.